The summed E-state index contributed by atoms with van der Waals surface area (Å²) in [6.07, 6.45) is 4.66. The van der Waals surface area contributed by atoms with Crippen LogP contribution < -0.4 is 0 Å². The maximum Gasteiger partial charge on any atom is 0.0270 e. The molecular formula is C8H11NS. The normalized spacial score (nSPS) is 13.0. The summed E-state index contributed by atoms with van der Waals surface area (Å²) in [5, 5.41) is 0.364. The van der Waals surface area contributed by atoms with Crippen LogP contribution in [-0.4, -0.2) is 4.98 Å². The number of aromatic nitrogens is 1. The first kappa shape index (κ1) is 7.61. The van der Waals surface area contributed by atoms with E-state index in [0.29, 0.717) is 5.25 Å². The lowest BCUT2D eigenvalue weighted by Crippen LogP contribution is -1.86. The fraction of sp³-hybridized carbons (Fsp3) is 0.375. The van der Waals surface area contributed by atoms with Crippen LogP contribution in [0, 0.1) is 0 Å². The van der Waals surface area contributed by atoms with Crippen molar-refractivity contribution in [1.82, 2.24) is 4.98 Å². The first-order valence-corrected chi connectivity index (χ1v) is 3.94. The number of hydrogen-bond acceptors (Lipinski definition) is 2. The summed E-state index contributed by atoms with van der Waals surface area (Å²) in [6.45, 7) is 2.12. The number of hydrogen-bond donors (Lipinski definition) is 1. The van der Waals surface area contributed by atoms with Gasteiger partial charge in [-0.05, 0) is 24.1 Å². The maximum atomic E-state index is 4.39. The van der Waals surface area contributed by atoms with Gasteiger partial charge in [-0.25, -0.2) is 0 Å². The van der Waals surface area contributed by atoms with Crippen molar-refractivity contribution in [2.75, 3.05) is 0 Å². The number of thiol groups is 1. The lowest BCUT2D eigenvalue weighted by Gasteiger charge is -2.05. The summed E-state index contributed by atoms with van der Waals surface area (Å²) < 4.78 is 0. The van der Waals surface area contributed by atoms with Gasteiger partial charge in [0, 0.05) is 17.6 Å². The molecular weight excluding hydrogens is 142 g/mol. The number of rotatable bonds is 2. The van der Waals surface area contributed by atoms with Crippen molar-refractivity contribution in [3.05, 3.63) is 30.1 Å². The van der Waals surface area contributed by atoms with Crippen molar-refractivity contribution in [2.24, 2.45) is 0 Å². The predicted molar refractivity (Wildman–Crippen MR) is 46.3 cm³/mol. The van der Waals surface area contributed by atoms with Crippen LogP contribution in [0.5, 0.6) is 0 Å². The van der Waals surface area contributed by atoms with Gasteiger partial charge < -0.3 is 0 Å². The Morgan fingerprint density at radius 3 is 2.60 bits per heavy atom. The average molecular weight is 153 g/mol. The molecule has 0 radical (unpaired) electrons. The van der Waals surface area contributed by atoms with Gasteiger partial charge >= 0.3 is 0 Å². The van der Waals surface area contributed by atoms with E-state index in [1.54, 1.807) is 12.4 Å². The minimum Gasteiger partial charge on any atom is -0.265 e. The standard InChI is InChI=1S/C8H11NS/c1-2-8(10)7-3-5-9-6-4-7/h3-6,8,10H,2H2,1H3. The lowest BCUT2D eigenvalue weighted by molar-refractivity contribution is 0.899. The van der Waals surface area contributed by atoms with E-state index >= 15 is 0 Å². The van der Waals surface area contributed by atoms with E-state index in [9.17, 15) is 0 Å². The molecule has 10 heavy (non-hydrogen) atoms. The third-order valence-electron chi connectivity index (χ3n) is 1.48. The van der Waals surface area contributed by atoms with Crippen LogP contribution in [0.3, 0.4) is 0 Å². The Morgan fingerprint density at radius 2 is 2.10 bits per heavy atom. The molecule has 0 spiro atoms. The van der Waals surface area contributed by atoms with Gasteiger partial charge in [0.05, 0.1) is 0 Å². The SMILES string of the molecule is CCC(S)c1ccncc1. The smallest absolute Gasteiger partial charge is 0.0270 e. The van der Waals surface area contributed by atoms with Gasteiger partial charge in [-0.1, -0.05) is 6.92 Å². The molecule has 0 fully saturated rings. The second kappa shape index (κ2) is 3.62. The average Bonchev–Trinajstić information content (AvgIpc) is 2.05. The van der Waals surface area contributed by atoms with E-state index < -0.39 is 0 Å². The van der Waals surface area contributed by atoms with Crippen LogP contribution in [0.15, 0.2) is 24.5 Å². The Kier molecular flexibility index (Phi) is 2.75. The number of pyridine rings is 1. The molecule has 2 heteroatoms. The van der Waals surface area contributed by atoms with Gasteiger partial charge in [-0.15, -0.1) is 0 Å². The minimum atomic E-state index is 0.364. The molecule has 0 saturated heterocycles. The summed E-state index contributed by atoms with van der Waals surface area (Å²) >= 11 is 4.39. The highest BCUT2D eigenvalue weighted by molar-refractivity contribution is 7.80. The first-order valence-electron chi connectivity index (χ1n) is 3.42. The zero-order valence-corrected chi connectivity index (χ0v) is 6.88. The van der Waals surface area contributed by atoms with Crippen LogP contribution in [0.1, 0.15) is 24.2 Å². The Morgan fingerprint density at radius 1 is 1.50 bits per heavy atom. The summed E-state index contributed by atoms with van der Waals surface area (Å²) in [5.74, 6) is 0. The van der Waals surface area contributed by atoms with Crippen molar-refractivity contribution < 1.29 is 0 Å². The van der Waals surface area contributed by atoms with E-state index in [-0.39, 0.29) is 0 Å². The van der Waals surface area contributed by atoms with Gasteiger partial charge in [0.2, 0.25) is 0 Å². The summed E-state index contributed by atoms with van der Waals surface area (Å²) in [6, 6.07) is 4.00. The molecule has 0 aliphatic carbocycles. The van der Waals surface area contributed by atoms with Crippen molar-refractivity contribution in [1.29, 1.82) is 0 Å². The van der Waals surface area contributed by atoms with Crippen LogP contribution in [0.4, 0.5) is 0 Å². The van der Waals surface area contributed by atoms with Gasteiger partial charge in [0.25, 0.3) is 0 Å². The molecule has 0 N–H and O–H groups in total. The third kappa shape index (κ3) is 1.74. The molecule has 1 heterocycles. The molecule has 1 nitrogen and oxygen atoms in total. The van der Waals surface area contributed by atoms with Crippen molar-refractivity contribution >= 4 is 12.6 Å². The molecule has 1 aromatic heterocycles. The molecule has 0 amide bonds. The highest BCUT2D eigenvalue weighted by atomic mass is 32.1. The second-order valence-corrected chi connectivity index (χ2v) is 2.83. The van der Waals surface area contributed by atoms with E-state index in [0.717, 1.165) is 6.42 Å². The van der Waals surface area contributed by atoms with Crippen molar-refractivity contribution in [3.8, 4) is 0 Å². The van der Waals surface area contributed by atoms with Crippen molar-refractivity contribution in [3.63, 3.8) is 0 Å². The molecule has 1 unspecified atom stereocenters. The van der Waals surface area contributed by atoms with Gasteiger partial charge in [-0.2, -0.15) is 12.6 Å². The highest BCUT2D eigenvalue weighted by Gasteiger charge is 2.00. The minimum absolute atomic E-state index is 0.364. The molecule has 0 bridgehead atoms. The van der Waals surface area contributed by atoms with E-state index in [2.05, 4.69) is 24.5 Å². The number of nitrogens with zero attached hydrogens (tertiary/aromatic N) is 1. The summed E-state index contributed by atoms with van der Waals surface area (Å²) in [7, 11) is 0. The molecule has 1 aromatic rings. The summed E-state index contributed by atoms with van der Waals surface area (Å²) in [4.78, 5) is 3.93. The summed E-state index contributed by atoms with van der Waals surface area (Å²) in [5.41, 5.74) is 1.25. The molecule has 54 valence electrons. The van der Waals surface area contributed by atoms with Gasteiger partial charge in [-0.3, -0.25) is 4.98 Å². The van der Waals surface area contributed by atoms with E-state index in [4.69, 9.17) is 0 Å². The molecule has 0 saturated carbocycles. The van der Waals surface area contributed by atoms with Crippen LogP contribution in [0.2, 0.25) is 0 Å². The Balaban J connectivity index is 2.75. The van der Waals surface area contributed by atoms with Crippen LogP contribution in [0.25, 0.3) is 0 Å². The molecule has 0 aliphatic heterocycles. The zero-order valence-electron chi connectivity index (χ0n) is 5.99. The monoisotopic (exact) mass is 153 g/mol. The van der Waals surface area contributed by atoms with Gasteiger partial charge in [0.15, 0.2) is 0 Å². The third-order valence-corrected chi connectivity index (χ3v) is 2.14. The maximum absolute atomic E-state index is 4.39. The molecule has 1 atom stereocenters. The fourth-order valence-electron chi connectivity index (χ4n) is 0.821. The lowest BCUT2D eigenvalue weighted by atomic mass is 10.1. The topological polar surface area (TPSA) is 12.9 Å². The molecule has 1 rings (SSSR count). The zero-order chi connectivity index (χ0) is 7.40. The Bertz CT molecular complexity index is 186. The van der Waals surface area contributed by atoms with E-state index in [1.165, 1.54) is 5.56 Å². The Labute approximate surface area is 66.9 Å². The van der Waals surface area contributed by atoms with Crippen molar-refractivity contribution in [2.45, 2.75) is 18.6 Å². The first-order chi connectivity index (χ1) is 4.84. The predicted octanol–water partition coefficient (Wildman–Crippen LogP) is 2.46. The second-order valence-electron chi connectivity index (χ2n) is 2.20. The van der Waals surface area contributed by atoms with E-state index in [1.807, 2.05) is 12.1 Å². The quantitative estimate of drug-likeness (QED) is 0.644. The molecule has 0 aliphatic rings. The van der Waals surface area contributed by atoms with Gasteiger partial charge in [0.1, 0.15) is 0 Å². The fourth-order valence-corrected chi connectivity index (χ4v) is 0.993. The van der Waals surface area contributed by atoms with Crippen LogP contribution in [-0.2, 0) is 0 Å². The molecule has 0 aromatic carbocycles. The highest BCUT2D eigenvalue weighted by Crippen LogP contribution is 2.21. The largest absolute Gasteiger partial charge is 0.265 e. The van der Waals surface area contributed by atoms with Crippen LogP contribution >= 0.6 is 12.6 Å². The Hall–Kier alpha value is -0.500.